The molecule has 0 spiro atoms. The number of rotatable bonds is 5. The lowest BCUT2D eigenvalue weighted by molar-refractivity contribution is 0.836. The molecule has 0 aliphatic carbocycles. The summed E-state index contributed by atoms with van der Waals surface area (Å²) in [5.74, 6) is 0. The first-order valence-corrected chi connectivity index (χ1v) is 8.77. The number of aromatic nitrogens is 1. The van der Waals surface area contributed by atoms with Crippen LogP contribution in [0.15, 0.2) is 90.2 Å². The molecular weight excluding hydrogens is 318 g/mol. The maximum absolute atomic E-state index is 4.44. The molecule has 128 valence electrons. The number of hydrazone groups is 1. The lowest BCUT2D eigenvalue weighted by Gasteiger charge is -2.05. The van der Waals surface area contributed by atoms with Crippen molar-refractivity contribution >= 4 is 22.8 Å². The van der Waals surface area contributed by atoms with Gasteiger partial charge in [0.15, 0.2) is 0 Å². The SMILES string of the molecule is Cc1cccc(N/N=C/c2cn(Cc3ccccc3)c3ccccc23)c1. The maximum Gasteiger partial charge on any atom is 0.0566 e. The predicted molar refractivity (Wildman–Crippen MR) is 110 cm³/mol. The molecule has 3 nitrogen and oxygen atoms in total. The average Bonchev–Trinajstić information content (AvgIpc) is 3.01. The number of nitrogens with one attached hydrogen (secondary N) is 1. The molecule has 1 aromatic heterocycles. The smallest absolute Gasteiger partial charge is 0.0566 e. The van der Waals surface area contributed by atoms with E-state index in [0.29, 0.717) is 0 Å². The molecule has 26 heavy (non-hydrogen) atoms. The van der Waals surface area contributed by atoms with Crippen molar-refractivity contribution in [1.82, 2.24) is 4.57 Å². The van der Waals surface area contributed by atoms with E-state index in [2.05, 4.69) is 88.9 Å². The fraction of sp³-hybridized carbons (Fsp3) is 0.0870. The largest absolute Gasteiger partial charge is 0.342 e. The van der Waals surface area contributed by atoms with Gasteiger partial charge in [-0.25, -0.2) is 0 Å². The quantitative estimate of drug-likeness (QED) is 0.380. The van der Waals surface area contributed by atoms with E-state index in [9.17, 15) is 0 Å². The summed E-state index contributed by atoms with van der Waals surface area (Å²) in [5.41, 5.74) is 8.94. The highest BCUT2D eigenvalue weighted by atomic mass is 15.3. The molecule has 0 aliphatic rings. The van der Waals surface area contributed by atoms with Gasteiger partial charge >= 0.3 is 0 Å². The van der Waals surface area contributed by atoms with Crippen molar-refractivity contribution in [3.05, 3.63) is 102 Å². The second kappa shape index (κ2) is 7.28. The van der Waals surface area contributed by atoms with E-state index in [1.165, 1.54) is 22.0 Å². The Hall–Kier alpha value is -3.33. The monoisotopic (exact) mass is 339 g/mol. The molecule has 3 aromatic carbocycles. The molecular formula is C23H21N3. The van der Waals surface area contributed by atoms with Crippen LogP contribution in [0.25, 0.3) is 10.9 Å². The van der Waals surface area contributed by atoms with E-state index in [0.717, 1.165) is 17.8 Å². The van der Waals surface area contributed by atoms with Crippen LogP contribution in [0.3, 0.4) is 0 Å². The van der Waals surface area contributed by atoms with Crippen LogP contribution in [0.2, 0.25) is 0 Å². The number of nitrogens with zero attached hydrogens (tertiary/aromatic N) is 2. The zero-order chi connectivity index (χ0) is 17.8. The van der Waals surface area contributed by atoms with Crippen molar-refractivity contribution in [2.24, 2.45) is 5.10 Å². The van der Waals surface area contributed by atoms with Crippen LogP contribution in [0.1, 0.15) is 16.7 Å². The van der Waals surface area contributed by atoms with Gasteiger partial charge in [-0.15, -0.1) is 0 Å². The second-order valence-corrected chi connectivity index (χ2v) is 6.45. The van der Waals surface area contributed by atoms with Gasteiger partial charge in [0.05, 0.1) is 11.9 Å². The number of hydrogen-bond acceptors (Lipinski definition) is 2. The van der Waals surface area contributed by atoms with E-state index >= 15 is 0 Å². The van der Waals surface area contributed by atoms with Gasteiger partial charge in [0.1, 0.15) is 0 Å². The topological polar surface area (TPSA) is 29.3 Å². The van der Waals surface area contributed by atoms with E-state index in [-0.39, 0.29) is 0 Å². The van der Waals surface area contributed by atoms with Gasteiger partial charge in [-0.3, -0.25) is 5.43 Å². The number of anilines is 1. The van der Waals surface area contributed by atoms with Crippen LogP contribution in [0.4, 0.5) is 5.69 Å². The van der Waals surface area contributed by atoms with Crippen molar-refractivity contribution in [3.63, 3.8) is 0 Å². The molecule has 1 N–H and O–H groups in total. The van der Waals surface area contributed by atoms with E-state index in [4.69, 9.17) is 0 Å². The fourth-order valence-corrected chi connectivity index (χ4v) is 3.18. The molecule has 0 bridgehead atoms. The first-order valence-electron chi connectivity index (χ1n) is 8.77. The van der Waals surface area contributed by atoms with E-state index in [1.54, 1.807) is 0 Å². The minimum absolute atomic E-state index is 0.848. The first-order chi connectivity index (χ1) is 12.8. The zero-order valence-corrected chi connectivity index (χ0v) is 14.8. The van der Waals surface area contributed by atoms with Crippen LogP contribution in [-0.2, 0) is 6.54 Å². The summed E-state index contributed by atoms with van der Waals surface area (Å²) < 4.78 is 2.28. The van der Waals surface area contributed by atoms with Gasteiger partial charge in [0.25, 0.3) is 0 Å². The molecule has 0 atom stereocenters. The Bertz CT molecular complexity index is 1050. The first kappa shape index (κ1) is 16.2. The Balaban J connectivity index is 1.62. The minimum Gasteiger partial charge on any atom is -0.342 e. The lowest BCUT2D eigenvalue weighted by atomic mass is 10.2. The Labute approximate surface area is 153 Å². The number of para-hydroxylation sites is 1. The Morgan fingerprint density at radius 1 is 0.923 bits per heavy atom. The van der Waals surface area contributed by atoms with Crippen LogP contribution in [0.5, 0.6) is 0 Å². The fourth-order valence-electron chi connectivity index (χ4n) is 3.18. The molecule has 0 radical (unpaired) electrons. The minimum atomic E-state index is 0.848. The van der Waals surface area contributed by atoms with Crippen LogP contribution in [-0.4, -0.2) is 10.8 Å². The highest BCUT2D eigenvalue weighted by Crippen LogP contribution is 2.21. The van der Waals surface area contributed by atoms with Crippen LogP contribution < -0.4 is 5.43 Å². The Morgan fingerprint density at radius 2 is 1.73 bits per heavy atom. The number of benzene rings is 3. The van der Waals surface area contributed by atoms with Crippen LogP contribution >= 0.6 is 0 Å². The van der Waals surface area contributed by atoms with Crippen LogP contribution in [0, 0.1) is 6.92 Å². The summed E-state index contributed by atoms with van der Waals surface area (Å²) in [6.45, 7) is 2.92. The third kappa shape index (κ3) is 3.52. The van der Waals surface area contributed by atoms with Gasteiger partial charge in [-0.2, -0.15) is 5.10 Å². The number of aryl methyl sites for hydroxylation is 1. The molecule has 0 saturated heterocycles. The summed E-state index contributed by atoms with van der Waals surface area (Å²) >= 11 is 0. The van der Waals surface area contributed by atoms with Gasteiger partial charge in [-0.1, -0.05) is 60.7 Å². The zero-order valence-electron chi connectivity index (χ0n) is 14.8. The van der Waals surface area contributed by atoms with E-state index in [1.807, 2.05) is 24.4 Å². The van der Waals surface area contributed by atoms with Crippen molar-refractivity contribution in [3.8, 4) is 0 Å². The molecule has 0 aliphatic heterocycles. The number of hydrogen-bond donors (Lipinski definition) is 1. The summed E-state index contributed by atoms with van der Waals surface area (Å²) in [5, 5.41) is 5.64. The van der Waals surface area contributed by atoms with E-state index < -0.39 is 0 Å². The van der Waals surface area contributed by atoms with Gasteiger partial charge in [0.2, 0.25) is 0 Å². The second-order valence-electron chi connectivity index (χ2n) is 6.45. The molecule has 0 fully saturated rings. The van der Waals surface area contributed by atoms with Gasteiger partial charge < -0.3 is 4.57 Å². The van der Waals surface area contributed by atoms with Crippen molar-refractivity contribution in [1.29, 1.82) is 0 Å². The summed E-state index contributed by atoms with van der Waals surface area (Å²) in [6, 6.07) is 27.2. The molecule has 3 heteroatoms. The molecule has 0 amide bonds. The molecule has 0 unspecified atom stereocenters. The van der Waals surface area contributed by atoms with Crippen molar-refractivity contribution in [2.75, 3.05) is 5.43 Å². The lowest BCUT2D eigenvalue weighted by Crippen LogP contribution is -1.97. The third-order valence-corrected chi connectivity index (χ3v) is 4.43. The maximum atomic E-state index is 4.44. The van der Waals surface area contributed by atoms with Crippen molar-refractivity contribution in [2.45, 2.75) is 13.5 Å². The standard InChI is InChI=1S/C23H21N3/c1-18-8-7-11-21(14-18)25-24-15-20-17-26(16-19-9-3-2-4-10-19)23-13-6-5-12-22(20)23/h2-15,17,25H,16H2,1H3/b24-15+. The Kier molecular flexibility index (Phi) is 4.52. The summed E-state index contributed by atoms with van der Waals surface area (Å²) in [4.78, 5) is 0. The summed E-state index contributed by atoms with van der Waals surface area (Å²) in [6.07, 6.45) is 4.06. The molecule has 1 heterocycles. The van der Waals surface area contributed by atoms with Gasteiger partial charge in [-0.05, 0) is 36.2 Å². The molecule has 0 saturated carbocycles. The third-order valence-electron chi connectivity index (χ3n) is 4.43. The summed E-state index contributed by atoms with van der Waals surface area (Å²) in [7, 11) is 0. The predicted octanol–water partition coefficient (Wildman–Crippen LogP) is 5.44. The normalized spacial score (nSPS) is 11.3. The number of fused-ring (bicyclic) bond motifs is 1. The molecule has 4 rings (SSSR count). The average molecular weight is 339 g/mol. The Morgan fingerprint density at radius 3 is 2.58 bits per heavy atom. The van der Waals surface area contributed by atoms with Gasteiger partial charge in [0, 0.05) is 29.2 Å². The highest BCUT2D eigenvalue weighted by molar-refractivity contribution is 5.99. The highest BCUT2D eigenvalue weighted by Gasteiger charge is 2.07. The van der Waals surface area contributed by atoms with Crippen molar-refractivity contribution < 1.29 is 0 Å². The molecule has 4 aromatic rings.